The number of aryl methyl sites for hydroxylation is 2. The van der Waals surface area contributed by atoms with Gasteiger partial charge in [0, 0.05) is 17.3 Å². The van der Waals surface area contributed by atoms with Crippen LogP contribution in [0.25, 0.3) is 11.3 Å². The third kappa shape index (κ3) is 3.88. The molecule has 5 nitrogen and oxygen atoms in total. The maximum atomic E-state index is 12.6. The maximum absolute atomic E-state index is 12.6. The minimum Gasteiger partial charge on any atom is -0.324 e. The number of hydrogen-bond acceptors (Lipinski definition) is 3. The van der Waals surface area contributed by atoms with Crippen LogP contribution in [0, 0.1) is 13.8 Å². The van der Waals surface area contributed by atoms with Gasteiger partial charge in [-0.1, -0.05) is 36.4 Å². The Kier molecular flexibility index (Phi) is 4.98. The van der Waals surface area contributed by atoms with Crippen molar-refractivity contribution in [1.82, 2.24) is 9.78 Å². The zero-order valence-corrected chi connectivity index (χ0v) is 15.1. The van der Waals surface area contributed by atoms with Crippen molar-refractivity contribution in [3.05, 3.63) is 82.1 Å². The van der Waals surface area contributed by atoms with Gasteiger partial charge in [-0.2, -0.15) is 5.10 Å². The van der Waals surface area contributed by atoms with Crippen LogP contribution in [0.2, 0.25) is 0 Å². The molecule has 0 bridgehead atoms. The number of carbonyl (C=O) groups excluding carboxylic acids is 1. The zero-order valence-electron chi connectivity index (χ0n) is 15.1. The molecule has 0 saturated carbocycles. The number of nitrogens with zero attached hydrogens (tertiary/aromatic N) is 2. The van der Waals surface area contributed by atoms with E-state index in [0.717, 1.165) is 16.7 Å². The van der Waals surface area contributed by atoms with Crippen LogP contribution < -0.4 is 10.9 Å². The van der Waals surface area contributed by atoms with Gasteiger partial charge >= 0.3 is 0 Å². The lowest BCUT2D eigenvalue weighted by atomic mass is 10.1. The van der Waals surface area contributed by atoms with Gasteiger partial charge in [0.2, 0.25) is 5.91 Å². The fraction of sp³-hybridized carbons (Fsp3) is 0.190. The van der Waals surface area contributed by atoms with E-state index in [1.807, 2.05) is 62.4 Å². The fourth-order valence-electron chi connectivity index (χ4n) is 2.87. The third-order valence-corrected chi connectivity index (χ3v) is 4.13. The lowest BCUT2D eigenvalue weighted by Gasteiger charge is -2.15. The van der Waals surface area contributed by atoms with E-state index in [1.54, 1.807) is 13.0 Å². The van der Waals surface area contributed by atoms with E-state index >= 15 is 0 Å². The van der Waals surface area contributed by atoms with E-state index in [9.17, 15) is 9.59 Å². The first kappa shape index (κ1) is 17.6. The van der Waals surface area contributed by atoms with E-state index in [0.29, 0.717) is 11.4 Å². The Hall–Kier alpha value is -3.21. The Morgan fingerprint density at radius 3 is 2.31 bits per heavy atom. The van der Waals surface area contributed by atoms with Gasteiger partial charge in [0.05, 0.1) is 5.69 Å². The van der Waals surface area contributed by atoms with E-state index < -0.39 is 6.04 Å². The van der Waals surface area contributed by atoms with Crippen molar-refractivity contribution in [1.29, 1.82) is 0 Å². The summed E-state index contributed by atoms with van der Waals surface area (Å²) in [6.45, 7) is 5.62. The van der Waals surface area contributed by atoms with Crippen molar-refractivity contribution in [3.8, 4) is 11.3 Å². The Morgan fingerprint density at radius 2 is 1.65 bits per heavy atom. The lowest BCUT2D eigenvalue weighted by Crippen LogP contribution is -2.33. The normalized spacial score (nSPS) is 11.8. The molecular formula is C21H21N3O2. The average molecular weight is 347 g/mol. The van der Waals surface area contributed by atoms with Gasteiger partial charge in [-0.25, -0.2) is 4.68 Å². The molecule has 1 N–H and O–H groups in total. The highest BCUT2D eigenvalue weighted by molar-refractivity contribution is 5.93. The minimum atomic E-state index is -0.730. The molecule has 0 saturated heterocycles. The van der Waals surface area contributed by atoms with Crippen LogP contribution in [0.3, 0.4) is 0 Å². The van der Waals surface area contributed by atoms with Gasteiger partial charge in [0.15, 0.2) is 0 Å². The highest BCUT2D eigenvalue weighted by Gasteiger charge is 2.18. The number of hydrogen-bond donors (Lipinski definition) is 1. The number of nitrogens with one attached hydrogen (secondary N) is 1. The largest absolute Gasteiger partial charge is 0.324 e. The monoisotopic (exact) mass is 347 g/mol. The molecule has 0 aliphatic carbocycles. The molecule has 0 aliphatic rings. The molecule has 0 spiro atoms. The standard InChI is InChI=1S/C21H21N3O2/c1-14-11-15(2)13-18(12-14)22-21(26)16(3)24-20(25)10-9-19(23-24)17-7-5-4-6-8-17/h4-13,16H,1-3H3,(H,22,26). The molecule has 132 valence electrons. The number of anilines is 1. The highest BCUT2D eigenvalue weighted by atomic mass is 16.2. The topological polar surface area (TPSA) is 64.0 Å². The predicted molar refractivity (Wildman–Crippen MR) is 103 cm³/mol. The molecule has 26 heavy (non-hydrogen) atoms. The second kappa shape index (κ2) is 7.35. The first-order valence-corrected chi connectivity index (χ1v) is 8.48. The highest BCUT2D eigenvalue weighted by Crippen LogP contribution is 2.17. The quantitative estimate of drug-likeness (QED) is 0.782. The number of amides is 1. The van der Waals surface area contributed by atoms with Gasteiger partial charge in [0.25, 0.3) is 5.56 Å². The van der Waals surface area contributed by atoms with Crippen molar-refractivity contribution in [2.45, 2.75) is 26.8 Å². The smallest absolute Gasteiger partial charge is 0.267 e. The summed E-state index contributed by atoms with van der Waals surface area (Å²) in [5, 5.41) is 7.25. The molecule has 3 aromatic rings. The second-order valence-electron chi connectivity index (χ2n) is 6.41. The van der Waals surface area contributed by atoms with Gasteiger partial charge in [-0.05, 0) is 50.1 Å². The number of aromatic nitrogens is 2. The molecule has 0 aliphatic heterocycles. The van der Waals surface area contributed by atoms with Crippen molar-refractivity contribution in [3.63, 3.8) is 0 Å². The van der Waals surface area contributed by atoms with Crippen LogP contribution >= 0.6 is 0 Å². The number of carbonyl (C=O) groups is 1. The molecular weight excluding hydrogens is 326 g/mol. The first-order chi connectivity index (χ1) is 12.4. The summed E-state index contributed by atoms with van der Waals surface area (Å²) >= 11 is 0. The lowest BCUT2D eigenvalue weighted by molar-refractivity contribution is -0.119. The van der Waals surface area contributed by atoms with Crippen LogP contribution in [0.5, 0.6) is 0 Å². The summed E-state index contributed by atoms with van der Waals surface area (Å²) < 4.78 is 1.22. The van der Waals surface area contributed by atoms with Crippen LogP contribution in [-0.4, -0.2) is 15.7 Å². The van der Waals surface area contributed by atoms with E-state index in [2.05, 4.69) is 10.4 Å². The van der Waals surface area contributed by atoms with Crippen LogP contribution in [0.4, 0.5) is 5.69 Å². The molecule has 1 amide bonds. The summed E-state index contributed by atoms with van der Waals surface area (Å²) in [5.74, 6) is -0.283. The average Bonchev–Trinajstić information content (AvgIpc) is 2.61. The number of rotatable bonds is 4. The van der Waals surface area contributed by atoms with Crippen LogP contribution in [-0.2, 0) is 4.79 Å². The summed E-state index contributed by atoms with van der Waals surface area (Å²) in [5.41, 5.74) is 4.07. The zero-order chi connectivity index (χ0) is 18.7. The van der Waals surface area contributed by atoms with Crippen molar-refractivity contribution < 1.29 is 4.79 Å². The molecule has 3 rings (SSSR count). The Balaban J connectivity index is 1.88. The van der Waals surface area contributed by atoms with E-state index in [-0.39, 0.29) is 11.5 Å². The Bertz CT molecular complexity index is 973. The summed E-state index contributed by atoms with van der Waals surface area (Å²) in [7, 11) is 0. The number of benzene rings is 2. The van der Waals surface area contributed by atoms with Gasteiger partial charge < -0.3 is 5.32 Å². The minimum absolute atomic E-state index is 0.283. The fourth-order valence-corrected chi connectivity index (χ4v) is 2.87. The Morgan fingerprint density at radius 1 is 1.00 bits per heavy atom. The molecule has 0 radical (unpaired) electrons. The van der Waals surface area contributed by atoms with Gasteiger partial charge in [-0.15, -0.1) is 0 Å². The first-order valence-electron chi connectivity index (χ1n) is 8.48. The summed E-state index contributed by atoms with van der Waals surface area (Å²) in [6, 6.07) is 17.8. The molecule has 1 unspecified atom stereocenters. The van der Waals surface area contributed by atoms with E-state index in [4.69, 9.17) is 0 Å². The van der Waals surface area contributed by atoms with Gasteiger partial charge in [0.1, 0.15) is 6.04 Å². The van der Waals surface area contributed by atoms with Crippen LogP contribution in [0.1, 0.15) is 24.1 Å². The molecule has 5 heteroatoms. The molecule has 0 fully saturated rings. The SMILES string of the molecule is Cc1cc(C)cc(NC(=O)C(C)n2nc(-c3ccccc3)ccc2=O)c1. The maximum Gasteiger partial charge on any atom is 0.267 e. The van der Waals surface area contributed by atoms with Crippen molar-refractivity contribution in [2.75, 3.05) is 5.32 Å². The summed E-state index contributed by atoms with van der Waals surface area (Å²) in [6.07, 6.45) is 0. The Labute approximate surface area is 152 Å². The molecule has 2 aromatic carbocycles. The van der Waals surface area contributed by atoms with Crippen molar-refractivity contribution >= 4 is 11.6 Å². The van der Waals surface area contributed by atoms with E-state index in [1.165, 1.54) is 10.7 Å². The molecule has 1 atom stereocenters. The van der Waals surface area contributed by atoms with Crippen LogP contribution in [0.15, 0.2) is 65.5 Å². The van der Waals surface area contributed by atoms with Crippen molar-refractivity contribution in [2.24, 2.45) is 0 Å². The second-order valence-corrected chi connectivity index (χ2v) is 6.41. The molecule has 1 aromatic heterocycles. The summed E-state index contributed by atoms with van der Waals surface area (Å²) in [4.78, 5) is 24.9. The predicted octanol–water partition coefficient (Wildman–Crippen LogP) is 3.73. The molecule has 1 heterocycles. The third-order valence-electron chi connectivity index (χ3n) is 4.13. The van der Waals surface area contributed by atoms with Gasteiger partial charge in [-0.3, -0.25) is 9.59 Å².